The maximum atomic E-state index is 10.2. The molecule has 1 aliphatic heterocycles. The summed E-state index contributed by atoms with van der Waals surface area (Å²) in [5.74, 6) is 0.336. The Hall–Kier alpha value is -1.06. The second-order valence-corrected chi connectivity index (χ2v) is 4.22. The first-order valence-corrected chi connectivity index (χ1v) is 5.51. The number of nitrogen functional groups attached to an aromatic ring is 1. The summed E-state index contributed by atoms with van der Waals surface area (Å²) in [4.78, 5) is 0. The lowest BCUT2D eigenvalue weighted by Crippen LogP contribution is -2.33. The third-order valence-corrected chi connectivity index (χ3v) is 3.06. The van der Waals surface area contributed by atoms with E-state index in [0.717, 1.165) is 37.2 Å². The predicted octanol–water partition coefficient (Wildman–Crippen LogP) is 1.30. The van der Waals surface area contributed by atoms with Crippen molar-refractivity contribution in [3.8, 4) is 0 Å². The van der Waals surface area contributed by atoms with Crippen LogP contribution in [0.1, 0.15) is 24.5 Å². The van der Waals surface area contributed by atoms with Gasteiger partial charge in [-0.25, -0.2) is 0 Å². The molecule has 0 amide bonds. The van der Waals surface area contributed by atoms with Gasteiger partial charge in [-0.15, -0.1) is 0 Å². The number of hydrogen-bond acceptors (Lipinski definition) is 3. The molecule has 15 heavy (non-hydrogen) atoms. The molecular weight excluding hydrogens is 188 g/mol. The lowest BCUT2D eigenvalue weighted by molar-refractivity contribution is 0.0922. The lowest BCUT2D eigenvalue weighted by Gasteiger charge is -2.27. The van der Waals surface area contributed by atoms with Crippen LogP contribution < -0.4 is 11.1 Å². The van der Waals surface area contributed by atoms with Crippen molar-refractivity contribution in [1.82, 2.24) is 5.32 Å². The summed E-state index contributed by atoms with van der Waals surface area (Å²) in [6, 6.07) is 7.51. The third kappa shape index (κ3) is 2.49. The Morgan fingerprint density at radius 2 is 2.07 bits per heavy atom. The lowest BCUT2D eigenvalue weighted by atomic mass is 9.89. The van der Waals surface area contributed by atoms with E-state index in [0.29, 0.717) is 5.92 Å². The van der Waals surface area contributed by atoms with Gasteiger partial charge in [0.25, 0.3) is 0 Å². The first-order valence-electron chi connectivity index (χ1n) is 5.51. The highest BCUT2D eigenvalue weighted by Gasteiger charge is 2.22. The largest absolute Gasteiger partial charge is 0.399 e. The van der Waals surface area contributed by atoms with Crippen molar-refractivity contribution < 1.29 is 5.11 Å². The van der Waals surface area contributed by atoms with Crippen molar-refractivity contribution in [2.24, 2.45) is 5.92 Å². The van der Waals surface area contributed by atoms with Crippen LogP contribution in [-0.2, 0) is 0 Å². The monoisotopic (exact) mass is 206 g/mol. The molecule has 3 heteroatoms. The quantitative estimate of drug-likeness (QED) is 0.639. The van der Waals surface area contributed by atoms with Crippen LogP contribution in [0.5, 0.6) is 0 Å². The van der Waals surface area contributed by atoms with Crippen LogP contribution in [0, 0.1) is 5.92 Å². The van der Waals surface area contributed by atoms with Gasteiger partial charge < -0.3 is 16.2 Å². The van der Waals surface area contributed by atoms with Crippen LogP contribution in [0.2, 0.25) is 0 Å². The molecular formula is C12H18N2O. The summed E-state index contributed by atoms with van der Waals surface area (Å²) in [6.07, 6.45) is 1.88. The Morgan fingerprint density at radius 1 is 1.33 bits per heavy atom. The van der Waals surface area contributed by atoms with Crippen molar-refractivity contribution in [2.75, 3.05) is 18.8 Å². The van der Waals surface area contributed by atoms with Crippen molar-refractivity contribution >= 4 is 5.69 Å². The minimum absolute atomic E-state index is 0.336. The predicted molar refractivity (Wildman–Crippen MR) is 61.4 cm³/mol. The maximum Gasteiger partial charge on any atom is 0.0830 e. The molecule has 1 saturated heterocycles. The molecule has 0 saturated carbocycles. The minimum Gasteiger partial charge on any atom is -0.399 e. The van der Waals surface area contributed by atoms with Gasteiger partial charge in [-0.05, 0) is 37.1 Å². The van der Waals surface area contributed by atoms with Gasteiger partial charge in [0.05, 0.1) is 6.10 Å². The number of nitrogens with one attached hydrogen (secondary N) is 1. The van der Waals surface area contributed by atoms with Crippen molar-refractivity contribution in [1.29, 1.82) is 0 Å². The molecule has 0 bridgehead atoms. The SMILES string of the molecule is Nc1ccc(C(O)C2CCCNC2)cc1. The second kappa shape index (κ2) is 4.64. The molecule has 4 N–H and O–H groups in total. The summed E-state index contributed by atoms with van der Waals surface area (Å²) in [6.45, 7) is 1.98. The number of hydrogen-bond donors (Lipinski definition) is 3. The fraction of sp³-hybridized carbons (Fsp3) is 0.500. The molecule has 1 heterocycles. The van der Waals surface area contributed by atoms with E-state index >= 15 is 0 Å². The van der Waals surface area contributed by atoms with E-state index in [9.17, 15) is 5.11 Å². The standard InChI is InChI=1S/C12H18N2O/c13-11-5-3-9(4-6-11)12(15)10-2-1-7-14-8-10/h3-6,10,12,14-15H,1-2,7-8,13H2. The number of piperidine rings is 1. The Morgan fingerprint density at radius 3 is 2.67 bits per heavy atom. The number of aliphatic hydroxyl groups is 1. The van der Waals surface area contributed by atoms with Crippen molar-refractivity contribution in [3.05, 3.63) is 29.8 Å². The van der Waals surface area contributed by atoms with E-state index in [2.05, 4.69) is 5.32 Å². The molecule has 0 aliphatic carbocycles. The van der Waals surface area contributed by atoms with Crippen molar-refractivity contribution in [2.45, 2.75) is 18.9 Å². The van der Waals surface area contributed by atoms with E-state index in [1.54, 1.807) is 0 Å². The topological polar surface area (TPSA) is 58.3 Å². The number of anilines is 1. The molecule has 1 aliphatic rings. The molecule has 2 unspecified atom stereocenters. The zero-order chi connectivity index (χ0) is 10.7. The molecule has 2 rings (SSSR count). The molecule has 82 valence electrons. The molecule has 3 nitrogen and oxygen atoms in total. The highest BCUT2D eigenvalue weighted by Crippen LogP contribution is 2.27. The summed E-state index contributed by atoms with van der Waals surface area (Å²) >= 11 is 0. The molecule has 1 aromatic rings. The zero-order valence-electron chi connectivity index (χ0n) is 8.82. The number of rotatable bonds is 2. The Balaban J connectivity index is 2.05. The second-order valence-electron chi connectivity index (χ2n) is 4.22. The summed E-state index contributed by atoms with van der Waals surface area (Å²) in [5, 5.41) is 13.5. The van der Waals surface area contributed by atoms with E-state index in [1.807, 2.05) is 24.3 Å². The fourth-order valence-corrected chi connectivity index (χ4v) is 2.11. The number of benzene rings is 1. The average molecular weight is 206 g/mol. The van der Waals surface area contributed by atoms with E-state index in [-0.39, 0.29) is 6.10 Å². The highest BCUT2D eigenvalue weighted by atomic mass is 16.3. The summed E-state index contributed by atoms with van der Waals surface area (Å²) in [5.41, 5.74) is 7.32. The number of aliphatic hydroxyl groups excluding tert-OH is 1. The van der Waals surface area contributed by atoms with Gasteiger partial charge in [-0.2, -0.15) is 0 Å². The third-order valence-electron chi connectivity index (χ3n) is 3.06. The number of nitrogens with two attached hydrogens (primary N) is 1. The van der Waals surface area contributed by atoms with E-state index < -0.39 is 0 Å². The average Bonchev–Trinajstić information content (AvgIpc) is 2.30. The van der Waals surface area contributed by atoms with Gasteiger partial charge >= 0.3 is 0 Å². The van der Waals surface area contributed by atoms with Crippen LogP contribution in [0.4, 0.5) is 5.69 Å². The van der Waals surface area contributed by atoms with Crippen molar-refractivity contribution in [3.63, 3.8) is 0 Å². The van der Waals surface area contributed by atoms with Crippen LogP contribution >= 0.6 is 0 Å². The van der Waals surface area contributed by atoms with Gasteiger partial charge in [0, 0.05) is 18.2 Å². The van der Waals surface area contributed by atoms with Gasteiger partial charge in [-0.3, -0.25) is 0 Å². The van der Waals surface area contributed by atoms with E-state index in [1.165, 1.54) is 0 Å². The molecule has 0 spiro atoms. The van der Waals surface area contributed by atoms with Crippen LogP contribution in [0.25, 0.3) is 0 Å². The first kappa shape index (κ1) is 10.5. The smallest absolute Gasteiger partial charge is 0.0830 e. The van der Waals surface area contributed by atoms with Crippen LogP contribution in [0.15, 0.2) is 24.3 Å². The minimum atomic E-state index is -0.363. The summed E-state index contributed by atoms with van der Waals surface area (Å²) in [7, 11) is 0. The Kier molecular flexibility index (Phi) is 3.23. The van der Waals surface area contributed by atoms with Gasteiger partial charge in [-0.1, -0.05) is 12.1 Å². The van der Waals surface area contributed by atoms with Crippen LogP contribution in [0.3, 0.4) is 0 Å². The first-order chi connectivity index (χ1) is 7.27. The summed E-state index contributed by atoms with van der Waals surface area (Å²) < 4.78 is 0. The fourth-order valence-electron chi connectivity index (χ4n) is 2.11. The van der Waals surface area contributed by atoms with Gasteiger partial charge in [0.1, 0.15) is 0 Å². The molecule has 1 aromatic carbocycles. The normalized spacial score (nSPS) is 23.7. The van der Waals surface area contributed by atoms with Gasteiger partial charge in [0.2, 0.25) is 0 Å². The Labute approximate surface area is 90.3 Å². The van der Waals surface area contributed by atoms with Crippen LogP contribution in [-0.4, -0.2) is 18.2 Å². The molecule has 0 aromatic heterocycles. The molecule has 0 radical (unpaired) electrons. The van der Waals surface area contributed by atoms with E-state index in [4.69, 9.17) is 5.73 Å². The maximum absolute atomic E-state index is 10.2. The zero-order valence-corrected chi connectivity index (χ0v) is 8.82. The molecule has 1 fully saturated rings. The highest BCUT2D eigenvalue weighted by molar-refractivity contribution is 5.39. The Bertz CT molecular complexity index is 304. The molecule has 2 atom stereocenters. The van der Waals surface area contributed by atoms with Gasteiger partial charge in [0.15, 0.2) is 0 Å².